The zero-order valence-electron chi connectivity index (χ0n) is 9.75. The van der Waals surface area contributed by atoms with Crippen molar-refractivity contribution in [1.82, 2.24) is 9.78 Å². The Bertz CT molecular complexity index is 676. The molecule has 0 spiro atoms. The number of benzene rings is 1. The number of carbonyl (C=O) groups is 1. The number of aryl methyl sites for hydroxylation is 1. The van der Waals surface area contributed by atoms with Gasteiger partial charge in [-0.2, -0.15) is 5.10 Å². The van der Waals surface area contributed by atoms with Gasteiger partial charge in [-0.1, -0.05) is 0 Å². The van der Waals surface area contributed by atoms with Gasteiger partial charge in [-0.3, -0.25) is 9.48 Å². The standard InChI is InChI=1S/C12H12N2O4/c1-2-14-10-4-3-7(12(17)18)5-8(10)11(16)9(6-15)13-14/h3-5,15H,2,6H2,1H3,(H,17,18). The van der Waals surface area contributed by atoms with Gasteiger partial charge >= 0.3 is 5.97 Å². The third-order valence-electron chi connectivity index (χ3n) is 2.72. The zero-order chi connectivity index (χ0) is 13.3. The van der Waals surface area contributed by atoms with E-state index < -0.39 is 18.0 Å². The van der Waals surface area contributed by atoms with E-state index in [4.69, 9.17) is 10.2 Å². The number of rotatable bonds is 3. The van der Waals surface area contributed by atoms with Crippen LogP contribution in [0.15, 0.2) is 23.0 Å². The van der Waals surface area contributed by atoms with Gasteiger partial charge in [-0.15, -0.1) is 0 Å². The molecule has 0 bridgehead atoms. The number of aliphatic hydroxyl groups is 1. The van der Waals surface area contributed by atoms with Crippen LogP contribution < -0.4 is 5.43 Å². The van der Waals surface area contributed by atoms with E-state index in [9.17, 15) is 9.59 Å². The predicted molar refractivity (Wildman–Crippen MR) is 64.6 cm³/mol. The maximum atomic E-state index is 12.0. The van der Waals surface area contributed by atoms with Crippen LogP contribution in [-0.2, 0) is 13.2 Å². The summed E-state index contributed by atoms with van der Waals surface area (Å²) in [5.41, 5.74) is 0.189. The second kappa shape index (κ2) is 4.58. The molecule has 0 aliphatic carbocycles. The number of carboxylic acid groups (broad SMARTS) is 1. The number of aromatic carboxylic acids is 1. The summed E-state index contributed by atoms with van der Waals surface area (Å²) in [6.45, 7) is 1.91. The van der Waals surface area contributed by atoms with E-state index in [1.165, 1.54) is 12.1 Å². The van der Waals surface area contributed by atoms with E-state index in [0.717, 1.165) is 0 Å². The molecule has 0 aliphatic heterocycles. The maximum absolute atomic E-state index is 12.0. The molecule has 0 atom stereocenters. The van der Waals surface area contributed by atoms with Crippen LogP contribution in [-0.4, -0.2) is 26.0 Å². The van der Waals surface area contributed by atoms with E-state index in [-0.39, 0.29) is 16.6 Å². The summed E-state index contributed by atoms with van der Waals surface area (Å²) >= 11 is 0. The van der Waals surface area contributed by atoms with E-state index >= 15 is 0 Å². The van der Waals surface area contributed by atoms with Crippen molar-refractivity contribution >= 4 is 16.9 Å². The van der Waals surface area contributed by atoms with Gasteiger partial charge in [0.05, 0.1) is 23.1 Å². The van der Waals surface area contributed by atoms with Crippen LogP contribution in [0, 0.1) is 0 Å². The molecule has 0 saturated carbocycles. The molecule has 18 heavy (non-hydrogen) atoms. The monoisotopic (exact) mass is 248 g/mol. The Kier molecular flexibility index (Phi) is 3.12. The molecule has 2 N–H and O–H groups in total. The lowest BCUT2D eigenvalue weighted by Crippen LogP contribution is -2.19. The fraction of sp³-hybridized carbons (Fsp3) is 0.250. The van der Waals surface area contributed by atoms with Crippen molar-refractivity contribution in [3.63, 3.8) is 0 Å². The van der Waals surface area contributed by atoms with Crippen LogP contribution in [0.1, 0.15) is 23.0 Å². The molecular formula is C12H12N2O4. The lowest BCUT2D eigenvalue weighted by Gasteiger charge is -2.09. The van der Waals surface area contributed by atoms with Gasteiger partial charge < -0.3 is 10.2 Å². The first-order valence-electron chi connectivity index (χ1n) is 5.46. The average Bonchev–Trinajstić information content (AvgIpc) is 2.39. The molecule has 6 nitrogen and oxygen atoms in total. The normalized spacial score (nSPS) is 10.8. The Morgan fingerprint density at radius 3 is 2.72 bits per heavy atom. The van der Waals surface area contributed by atoms with Crippen molar-refractivity contribution in [2.24, 2.45) is 0 Å². The number of nitrogens with zero attached hydrogens (tertiary/aromatic N) is 2. The minimum atomic E-state index is -1.10. The lowest BCUT2D eigenvalue weighted by molar-refractivity contribution is 0.0697. The van der Waals surface area contributed by atoms with Gasteiger partial charge in [-0.05, 0) is 25.1 Å². The summed E-state index contributed by atoms with van der Waals surface area (Å²) in [6.07, 6.45) is 0. The smallest absolute Gasteiger partial charge is 0.335 e. The van der Waals surface area contributed by atoms with Crippen LogP contribution in [0.25, 0.3) is 10.9 Å². The van der Waals surface area contributed by atoms with Gasteiger partial charge in [0.1, 0.15) is 5.69 Å². The SMILES string of the molecule is CCn1nc(CO)c(=O)c2cc(C(=O)O)ccc21. The highest BCUT2D eigenvalue weighted by molar-refractivity contribution is 5.93. The molecule has 0 aliphatic rings. The first-order chi connectivity index (χ1) is 8.58. The van der Waals surface area contributed by atoms with Crippen LogP contribution in [0.3, 0.4) is 0 Å². The molecule has 1 heterocycles. The summed E-state index contributed by atoms with van der Waals surface area (Å²) in [7, 11) is 0. The third-order valence-corrected chi connectivity index (χ3v) is 2.72. The average molecular weight is 248 g/mol. The number of fused-ring (bicyclic) bond motifs is 1. The lowest BCUT2D eigenvalue weighted by atomic mass is 10.1. The number of aliphatic hydroxyl groups excluding tert-OH is 1. The maximum Gasteiger partial charge on any atom is 0.335 e. The summed E-state index contributed by atoms with van der Waals surface area (Å²) in [5.74, 6) is -1.10. The molecule has 1 aromatic carbocycles. The summed E-state index contributed by atoms with van der Waals surface area (Å²) < 4.78 is 1.56. The number of carboxylic acids is 1. The fourth-order valence-electron chi connectivity index (χ4n) is 1.82. The Hall–Kier alpha value is -2.21. The topological polar surface area (TPSA) is 92.4 Å². The molecule has 2 aromatic rings. The van der Waals surface area contributed by atoms with Gasteiger partial charge in [0.2, 0.25) is 5.43 Å². The van der Waals surface area contributed by atoms with Crippen LogP contribution >= 0.6 is 0 Å². The van der Waals surface area contributed by atoms with Gasteiger partial charge in [0.25, 0.3) is 0 Å². The molecule has 0 unspecified atom stereocenters. The Balaban J connectivity index is 2.87. The van der Waals surface area contributed by atoms with E-state index in [0.29, 0.717) is 12.1 Å². The minimum absolute atomic E-state index is 0.0203. The largest absolute Gasteiger partial charge is 0.478 e. The van der Waals surface area contributed by atoms with Crippen LogP contribution in [0.4, 0.5) is 0 Å². The van der Waals surface area contributed by atoms with Crippen molar-refractivity contribution in [2.45, 2.75) is 20.1 Å². The van der Waals surface area contributed by atoms with Gasteiger partial charge in [-0.25, -0.2) is 4.79 Å². The highest BCUT2D eigenvalue weighted by Crippen LogP contribution is 2.13. The van der Waals surface area contributed by atoms with Crippen molar-refractivity contribution < 1.29 is 15.0 Å². The molecule has 0 fully saturated rings. The Morgan fingerprint density at radius 2 is 2.17 bits per heavy atom. The second-order valence-corrected chi connectivity index (χ2v) is 3.79. The molecule has 6 heteroatoms. The highest BCUT2D eigenvalue weighted by Gasteiger charge is 2.12. The molecule has 0 amide bonds. The van der Waals surface area contributed by atoms with Crippen LogP contribution in [0.5, 0.6) is 0 Å². The van der Waals surface area contributed by atoms with Gasteiger partial charge in [0.15, 0.2) is 0 Å². The molecule has 94 valence electrons. The third kappa shape index (κ3) is 1.86. The molecule has 2 rings (SSSR count). The van der Waals surface area contributed by atoms with Crippen molar-refractivity contribution in [1.29, 1.82) is 0 Å². The summed E-state index contributed by atoms with van der Waals surface area (Å²) in [5, 5.41) is 22.3. The van der Waals surface area contributed by atoms with E-state index in [1.807, 2.05) is 6.92 Å². The summed E-state index contributed by atoms with van der Waals surface area (Å²) in [4.78, 5) is 22.9. The second-order valence-electron chi connectivity index (χ2n) is 3.79. The fourth-order valence-corrected chi connectivity index (χ4v) is 1.82. The molecule has 0 saturated heterocycles. The predicted octanol–water partition coefficient (Wildman–Crippen LogP) is 0.607. The Morgan fingerprint density at radius 1 is 1.44 bits per heavy atom. The highest BCUT2D eigenvalue weighted by atomic mass is 16.4. The van der Waals surface area contributed by atoms with Crippen molar-refractivity contribution in [3.8, 4) is 0 Å². The number of hydrogen-bond donors (Lipinski definition) is 2. The first-order valence-corrected chi connectivity index (χ1v) is 5.46. The van der Waals surface area contributed by atoms with Crippen molar-refractivity contribution in [2.75, 3.05) is 0 Å². The zero-order valence-corrected chi connectivity index (χ0v) is 9.75. The first kappa shape index (κ1) is 12.3. The van der Waals surface area contributed by atoms with Gasteiger partial charge in [0, 0.05) is 6.54 Å². The number of aromatic nitrogens is 2. The van der Waals surface area contributed by atoms with E-state index in [2.05, 4.69) is 5.10 Å². The molecule has 0 radical (unpaired) electrons. The molecule has 1 aromatic heterocycles. The molecular weight excluding hydrogens is 236 g/mol. The van der Waals surface area contributed by atoms with Crippen molar-refractivity contribution in [3.05, 3.63) is 39.7 Å². The van der Waals surface area contributed by atoms with Crippen LogP contribution in [0.2, 0.25) is 0 Å². The Labute approximate surface area is 102 Å². The summed E-state index contributed by atoms with van der Waals surface area (Å²) in [6, 6.07) is 4.29. The quantitative estimate of drug-likeness (QED) is 0.830. The van der Waals surface area contributed by atoms with E-state index in [1.54, 1.807) is 10.7 Å². The number of hydrogen-bond acceptors (Lipinski definition) is 4. The minimum Gasteiger partial charge on any atom is -0.478 e.